The Balaban J connectivity index is 1.88. The molecule has 5 heteroatoms. The van der Waals surface area contributed by atoms with Crippen LogP contribution in [-0.4, -0.2) is 19.6 Å². The van der Waals surface area contributed by atoms with Crippen LogP contribution >= 0.6 is 11.6 Å². The second-order valence-electron chi connectivity index (χ2n) is 4.21. The third-order valence-electron chi connectivity index (χ3n) is 2.91. The van der Waals surface area contributed by atoms with Gasteiger partial charge in [-0.3, -0.25) is 4.79 Å². The van der Waals surface area contributed by atoms with Crippen molar-refractivity contribution in [2.24, 2.45) is 0 Å². The van der Waals surface area contributed by atoms with Gasteiger partial charge in [0.05, 0.1) is 7.11 Å². The summed E-state index contributed by atoms with van der Waals surface area (Å²) in [5.41, 5.74) is 1.74. The number of carbonyl (C=O) groups is 1. The molecule has 0 unspecified atom stereocenters. The predicted octanol–water partition coefficient (Wildman–Crippen LogP) is 3.13. The second kappa shape index (κ2) is 6.59. The Bertz CT molecular complexity index is 565. The SMILES string of the molecule is COC(=O)CCCNCc1c(Cl)oc2ccccc12. The number of fused-ring (bicyclic) bond motifs is 1. The van der Waals surface area contributed by atoms with Gasteiger partial charge in [0.15, 0.2) is 5.22 Å². The first kappa shape index (κ1) is 13.9. The highest BCUT2D eigenvalue weighted by Gasteiger charge is 2.11. The summed E-state index contributed by atoms with van der Waals surface area (Å²) in [6.07, 6.45) is 1.16. The van der Waals surface area contributed by atoms with Crippen molar-refractivity contribution < 1.29 is 13.9 Å². The van der Waals surface area contributed by atoms with Gasteiger partial charge in [-0.1, -0.05) is 18.2 Å². The molecule has 0 aliphatic heterocycles. The van der Waals surface area contributed by atoms with Crippen molar-refractivity contribution >= 4 is 28.5 Å². The number of rotatable bonds is 6. The lowest BCUT2D eigenvalue weighted by molar-refractivity contribution is -0.140. The molecule has 0 aliphatic rings. The molecule has 102 valence electrons. The van der Waals surface area contributed by atoms with E-state index >= 15 is 0 Å². The van der Waals surface area contributed by atoms with Crippen molar-refractivity contribution in [2.45, 2.75) is 19.4 Å². The third-order valence-corrected chi connectivity index (χ3v) is 3.22. The van der Waals surface area contributed by atoms with Gasteiger partial charge in [-0.25, -0.2) is 0 Å². The Morgan fingerprint density at radius 2 is 2.21 bits per heavy atom. The summed E-state index contributed by atoms with van der Waals surface area (Å²) in [6.45, 7) is 1.35. The van der Waals surface area contributed by atoms with Crippen LogP contribution in [0.3, 0.4) is 0 Å². The number of benzene rings is 1. The van der Waals surface area contributed by atoms with Crippen LogP contribution in [0.25, 0.3) is 11.0 Å². The zero-order valence-electron chi connectivity index (χ0n) is 10.7. The van der Waals surface area contributed by atoms with Crippen LogP contribution in [0.5, 0.6) is 0 Å². The van der Waals surface area contributed by atoms with Crippen LogP contribution in [0.15, 0.2) is 28.7 Å². The summed E-state index contributed by atoms with van der Waals surface area (Å²) in [7, 11) is 1.40. The van der Waals surface area contributed by atoms with Gasteiger partial charge >= 0.3 is 5.97 Å². The van der Waals surface area contributed by atoms with Gasteiger partial charge in [-0.2, -0.15) is 0 Å². The number of para-hydroxylation sites is 1. The number of halogens is 1. The number of methoxy groups -OCH3 is 1. The van der Waals surface area contributed by atoms with Crippen molar-refractivity contribution in [3.05, 3.63) is 35.0 Å². The van der Waals surface area contributed by atoms with Gasteiger partial charge in [-0.05, 0) is 30.6 Å². The summed E-state index contributed by atoms with van der Waals surface area (Å²) in [5, 5.41) is 4.69. The van der Waals surface area contributed by atoms with E-state index in [1.165, 1.54) is 7.11 Å². The normalized spacial score (nSPS) is 10.8. The fraction of sp³-hybridized carbons (Fsp3) is 0.357. The highest BCUT2D eigenvalue weighted by atomic mass is 35.5. The minimum absolute atomic E-state index is 0.186. The van der Waals surface area contributed by atoms with E-state index in [0.717, 1.165) is 29.5 Å². The van der Waals surface area contributed by atoms with Crippen LogP contribution in [0, 0.1) is 0 Å². The van der Waals surface area contributed by atoms with Gasteiger partial charge in [0.25, 0.3) is 0 Å². The van der Waals surface area contributed by atoms with Gasteiger partial charge in [0, 0.05) is 23.9 Å². The number of hydrogen-bond donors (Lipinski definition) is 1. The molecule has 0 aliphatic carbocycles. The van der Waals surface area contributed by atoms with E-state index in [1.54, 1.807) is 0 Å². The van der Waals surface area contributed by atoms with Crippen LogP contribution in [-0.2, 0) is 16.1 Å². The number of nitrogens with one attached hydrogen (secondary N) is 1. The minimum atomic E-state index is -0.186. The zero-order chi connectivity index (χ0) is 13.7. The van der Waals surface area contributed by atoms with Crippen molar-refractivity contribution in [1.29, 1.82) is 0 Å². The van der Waals surface area contributed by atoms with Crippen molar-refractivity contribution in [2.75, 3.05) is 13.7 Å². The van der Waals surface area contributed by atoms with E-state index in [4.69, 9.17) is 16.0 Å². The molecule has 2 rings (SSSR count). The lowest BCUT2D eigenvalue weighted by Crippen LogP contribution is -2.16. The number of esters is 1. The van der Waals surface area contributed by atoms with E-state index in [0.29, 0.717) is 18.2 Å². The summed E-state index contributed by atoms with van der Waals surface area (Å²) in [4.78, 5) is 10.9. The Labute approximate surface area is 116 Å². The van der Waals surface area contributed by atoms with Crippen molar-refractivity contribution in [3.63, 3.8) is 0 Å². The Hall–Kier alpha value is -1.52. The number of hydrogen-bond acceptors (Lipinski definition) is 4. The van der Waals surface area contributed by atoms with Crippen molar-refractivity contribution in [1.82, 2.24) is 5.32 Å². The van der Waals surface area contributed by atoms with Crippen LogP contribution in [0.1, 0.15) is 18.4 Å². The fourth-order valence-electron chi connectivity index (χ4n) is 1.91. The largest absolute Gasteiger partial charge is 0.469 e. The summed E-state index contributed by atoms with van der Waals surface area (Å²) in [5.74, 6) is -0.186. The molecule has 0 saturated carbocycles. The highest BCUT2D eigenvalue weighted by molar-refractivity contribution is 6.30. The zero-order valence-corrected chi connectivity index (χ0v) is 11.5. The maximum absolute atomic E-state index is 10.9. The van der Waals surface area contributed by atoms with Gasteiger partial charge in [0.2, 0.25) is 0 Å². The molecule has 1 aromatic heterocycles. The monoisotopic (exact) mass is 281 g/mol. The lowest BCUT2D eigenvalue weighted by Gasteiger charge is -2.03. The molecular weight excluding hydrogens is 266 g/mol. The van der Waals surface area contributed by atoms with Crippen LogP contribution in [0.4, 0.5) is 0 Å². The van der Waals surface area contributed by atoms with E-state index in [1.807, 2.05) is 24.3 Å². The number of carbonyl (C=O) groups excluding carboxylic acids is 1. The molecular formula is C14H16ClNO3. The molecule has 4 nitrogen and oxygen atoms in total. The average Bonchev–Trinajstić information content (AvgIpc) is 2.74. The molecule has 0 spiro atoms. The number of ether oxygens (including phenoxy) is 1. The van der Waals surface area contributed by atoms with Crippen LogP contribution in [0.2, 0.25) is 5.22 Å². The first-order chi connectivity index (χ1) is 9.22. The first-order valence-electron chi connectivity index (χ1n) is 6.16. The second-order valence-corrected chi connectivity index (χ2v) is 4.55. The molecule has 0 fully saturated rings. The molecule has 0 bridgehead atoms. The van der Waals surface area contributed by atoms with E-state index < -0.39 is 0 Å². The number of furan rings is 1. The predicted molar refractivity (Wildman–Crippen MR) is 74.2 cm³/mol. The standard InChI is InChI=1S/C14H16ClNO3/c1-18-13(17)7-4-8-16-9-11-10-5-2-3-6-12(10)19-14(11)15/h2-3,5-6,16H,4,7-9H2,1H3. The molecule has 19 heavy (non-hydrogen) atoms. The fourth-order valence-corrected chi connectivity index (χ4v) is 2.16. The smallest absolute Gasteiger partial charge is 0.305 e. The highest BCUT2D eigenvalue weighted by Crippen LogP contribution is 2.29. The van der Waals surface area contributed by atoms with E-state index in [2.05, 4.69) is 10.1 Å². The molecule has 1 heterocycles. The summed E-state index contributed by atoms with van der Waals surface area (Å²) in [6, 6.07) is 7.74. The molecule has 0 saturated heterocycles. The summed E-state index contributed by atoms with van der Waals surface area (Å²) < 4.78 is 10.0. The maximum atomic E-state index is 10.9. The van der Waals surface area contributed by atoms with E-state index in [9.17, 15) is 4.79 Å². The lowest BCUT2D eigenvalue weighted by atomic mass is 10.2. The Morgan fingerprint density at radius 3 is 3.00 bits per heavy atom. The molecule has 1 aromatic carbocycles. The third kappa shape index (κ3) is 3.49. The molecule has 2 aromatic rings. The van der Waals surface area contributed by atoms with Gasteiger partial charge in [-0.15, -0.1) is 0 Å². The Morgan fingerprint density at radius 1 is 1.42 bits per heavy atom. The first-order valence-corrected chi connectivity index (χ1v) is 6.53. The summed E-state index contributed by atoms with van der Waals surface area (Å²) >= 11 is 6.07. The quantitative estimate of drug-likeness (QED) is 0.653. The van der Waals surface area contributed by atoms with Crippen molar-refractivity contribution in [3.8, 4) is 0 Å². The van der Waals surface area contributed by atoms with Gasteiger partial charge < -0.3 is 14.5 Å². The van der Waals surface area contributed by atoms with E-state index in [-0.39, 0.29) is 5.97 Å². The molecule has 0 atom stereocenters. The van der Waals surface area contributed by atoms with Crippen LogP contribution < -0.4 is 5.32 Å². The molecule has 0 amide bonds. The topological polar surface area (TPSA) is 51.5 Å². The molecule has 1 N–H and O–H groups in total. The minimum Gasteiger partial charge on any atom is -0.469 e. The van der Waals surface area contributed by atoms with Gasteiger partial charge in [0.1, 0.15) is 5.58 Å². The Kier molecular flexibility index (Phi) is 4.82. The average molecular weight is 282 g/mol. The maximum Gasteiger partial charge on any atom is 0.305 e. The molecule has 0 radical (unpaired) electrons.